The van der Waals surface area contributed by atoms with Crippen LogP contribution in [0.5, 0.6) is 5.75 Å². The molecule has 0 spiro atoms. The Morgan fingerprint density at radius 3 is 2.57 bits per heavy atom. The fourth-order valence-electron chi connectivity index (χ4n) is 2.87. The largest absolute Gasteiger partial charge is 0.490 e. The topological polar surface area (TPSA) is 34.2 Å². The van der Waals surface area contributed by atoms with Gasteiger partial charge in [-0.25, -0.2) is 4.98 Å². The summed E-state index contributed by atoms with van der Waals surface area (Å²) in [7, 11) is 0. The van der Waals surface area contributed by atoms with Gasteiger partial charge in [0.1, 0.15) is 5.75 Å². The maximum atomic E-state index is 5.99. The average molecular weight is 302 g/mol. The Morgan fingerprint density at radius 2 is 1.95 bits per heavy atom. The van der Waals surface area contributed by atoms with Crippen molar-refractivity contribution in [3.05, 3.63) is 40.3 Å². The Morgan fingerprint density at radius 1 is 1.24 bits per heavy atom. The summed E-state index contributed by atoms with van der Waals surface area (Å²) in [6.45, 7) is 4.23. The van der Waals surface area contributed by atoms with E-state index in [2.05, 4.69) is 48.4 Å². The number of aryl methyl sites for hydroxylation is 1. The molecule has 21 heavy (non-hydrogen) atoms. The van der Waals surface area contributed by atoms with Crippen molar-refractivity contribution in [2.24, 2.45) is 0 Å². The fraction of sp³-hybridized carbons (Fsp3) is 0.471. The van der Waals surface area contributed by atoms with Crippen molar-refractivity contribution in [1.29, 1.82) is 0 Å². The van der Waals surface area contributed by atoms with Gasteiger partial charge in [-0.15, -0.1) is 11.3 Å². The zero-order chi connectivity index (χ0) is 14.7. The molecule has 1 atom stereocenters. The normalized spacial score (nSPS) is 16.9. The molecule has 3 rings (SSSR count). The molecular weight excluding hydrogens is 280 g/mol. The molecule has 4 heteroatoms. The van der Waals surface area contributed by atoms with Crippen LogP contribution in [0.3, 0.4) is 0 Å². The quantitative estimate of drug-likeness (QED) is 0.849. The van der Waals surface area contributed by atoms with Crippen LogP contribution in [0.25, 0.3) is 0 Å². The lowest BCUT2D eigenvalue weighted by Crippen LogP contribution is -2.11. The lowest BCUT2D eigenvalue weighted by atomic mass is 10.2. The van der Waals surface area contributed by atoms with E-state index in [1.807, 2.05) is 5.51 Å². The van der Waals surface area contributed by atoms with E-state index in [-0.39, 0.29) is 6.04 Å². The number of ether oxygens (including phenoxy) is 1. The number of nitrogens with zero attached hydrogens (tertiary/aromatic N) is 1. The van der Waals surface area contributed by atoms with Crippen LogP contribution in [0.15, 0.2) is 29.8 Å². The molecule has 2 aromatic rings. The van der Waals surface area contributed by atoms with Gasteiger partial charge >= 0.3 is 0 Å². The van der Waals surface area contributed by atoms with Gasteiger partial charge in [0, 0.05) is 10.6 Å². The first-order chi connectivity index (χ1) is 10.2. The zero-order valence-corrected chi connectivity index (χ0v) is 13.5. The van der Waals surface area contributed by atoms with Crippen molar-refractivity contribution >= 4 is 17.0 Å². The Bertz CT molecular complexity index is 573. The Balaban J connectivity index is 1.60. The third-order valence-electron chi connectivity index (χ3n) is 4.02. The van der Waals surface area contributed by atoms with Crippen molar-refractivity contribution in [2.45, 2.75) is 51.7 Å². The van der Waals surface area contributed by atoms with E-state index in [1.54, 1.807) is 11.3 Å². The highest BCUT2D eigenvalue weighted by Gasteiger charge is 2.16. The molecule has 1 aliphatic carbocycles. The molecule has 0 aliphatic heterocycles. The second-order valence-electron chi connectivity index (χ2n) is 5.72. The number of aromatic nitrogens is 1. The molecule has 1 aromatic carbocycles. The van der Waals surface area contributed by atoms with Gasteiger partial charge in [0.2, 0.25) is 0 Å². The molecule has 3 nitrogen and oxygen atoms in total. The molecule has 0 amide bonds. The molecule has 0 saturated heterocycles. The van der Waals surface area contributed by atoms with Crippen LogP contribution in [0.1, 0.15) is 49.2 Å². The van der Waals surface area contributed by atoms with Gasteiger partial charge in [0.25, 0.3) is 0 Å². The van der Waals surface area contributed by atoms with Gasteiger partial charge in [-0.3, -0.25) is 0 Å². The SMILES string of the molecule is Cc1ncsc1C(C)Nc1ccc(OC2CCCC2)cc1. The van der Waals surface area contributed by atoms with Gasteiger partial charge in [-0.2, -0.15) is 0 Å². The van der Waals surface area contributed by atoms with Crippen molar-refractivity contribution in [1.82, 2.24) is 4.98 Å². The fourth-order valence-corrected chi connectivity index (χ4v) is 3.68. The van der Waals surface area contributed by atoms with E-state index in [0.717, 1.165) is 17.1 Å². The maximum absolute atomic E-state index is 5.99. The van der Waals surface area contributed by atoms with E-state index in [9.17, 15) is 0 Å². The third kappa shape index (κ3) is 3.56. The predicted octanol–water partition coefficient (Wildman–Crippen LogP) is 4.95. The second-order valence-corrected chi connectivity index (χ2v) is 6.60. The summed E-state index contributed by atoms with van der Waals surface area (Å²) in [5.41, 5.74) is 4.14. The highest BCUT2D eigenvalue weighted by Crippen LogP contribution is 2.28. The van der Waals surface area contributed by atoms with E-state index >= 15 is 0 Å². The van der Waals surface area contributed by atoms with Crippen LogP contribution < -0.4 is 10.1 Å². The van der Waals surface area contributed by atoms with Crippen molar-refractivity contribution in [2.75, 3.05) is 5.32 Å². The number of thiazole rings is 1. The van der Waals surface area contributed by atoms with Gasteiger partial charge in [0.05, 0.1) is 23.4 Å². The summed E-state index contributed by atoms with van der Waals surface area (Å²) in [6, 6.07) is 8.59. The molecule has 1 unspecified atom stereocenters. The van der Waals surface area contributed by atoms with Crippen LogP contribution in [0, 0.1) is 6.92 Å². The molecular formula is C17H22N2OS. The lowest BCUT2D eigenvalue weighted by molar-refractivity contribution is 0.210. The molecule has 1 fully saturated rings. The molecule has 112 valence electrons. The second kappa shape index (κ2) is 6.48. The lowest BCUT2D eigenvalue weighted by Gasteiger charge is -2.16. The van der Waals surface area contributed by atoms with Crippen LogP contribution >= 0.6 is 11.3 Å². The van der Waals surface area contributed by atoms with Crippen LogP contribution in [0.4, 0.5) is 5.69 Å². The van der Waals surface area contributed by atoms with E-state index < -0.39 is 0 Å². The predicted molar refractivity (Wildman–Crippen MR) is 88.2 cm³/mol. The highest BCUT2D eigenvalue weighted by atomic mass is 32.1. The van der Waals surface area contributed by atoms with Gasteiger partial charge in [-0.1, -0.05) is 0 Å². The summed E-state index contributed by atoms with van der Waals surface area (Å²) in [5, 5.41) is 3.52. The summed E-state index contributed by atoms with van der Waals surface area (Å²) in [5.74, 6) is 0.981. The van der Waals surface area contributed by atoms with E-state index in [0.29, 0.717) is 6.10 Å². The molecule has 1 N–H and O–H groups in total. The van der Waals surface area contributed by atoms with Crippen LogP contribution in [0.2, 0.25) is 0 Å². The first-order valence-corrected chi connectivity index (χ1v) is 8.53. The Kier molecular flexibility index (Phi) is 4.44. The molecule has 0 bridgehead atoms. The van der Waals surface area contributed by atoms with Crippen molar-refractivity contribution in [3.8, 4) is 5.75 Å². The van der Waals surface area contributed by atoms with Crippen molar-refractivity contribution in [3.63, 3.8) is 0 Å². The molecule has 1 aromatic heterocycles. The Labute approximate surface area is 130 Å². The van der Waals surface area contributed by atoms with E-state index in [1.165, 1.54) is 30.6 Å². The summed E-state index contributed by atoms with van der Waals surface area (Å²) >= 11 is 1.70. The minimum absolute atomic E-state index is 0.277. The van der Waals surface area contributed by atoms with Gasteiger partial charge in [-0.05, 0) is 63.8 Å². The van der Waals surface area contributed by atoms with Crippen molar-refractivity contribution < 1.29 is 4.74 Å². The molecule has 1 saturated carbocycles. The standard InChI is InChI=1S/C17H22N2OS/c1-12-17(21-11-18-12)13(2)19-14-7-9-16(10-8-14)20-15-5-3-4-6-15/h7-11,13,15,19H,3-6H2,1-2H3. The highest BCUT2D eigenvalue weighted by molar-refractivity contribution is 7.09. The average Bonchev–Trinajstić information content (AvgIpc) is 3.12. The molecule has 1 aliphatic rings. The first-order valence-electron chi connectivity index (χ1n) is 7.65. The summed E-state index contributed by atoms with van der Waals surface area (Å²) < 4.78 is 5.99. The smallest absolute Gasteiger partial charge is 0.119 e. The first kappa shape index (κ1) is 14.4. The molecule has 0 radical (unpaired) electrons. The van der Waals surface area contributed by atoms with E-state index in [4.69, 9.17) is 4.74 Å². The number of hydrogen-bond donors (Lipinski definition) is 1. The maximum Gasteiger partial charge on any atom is 0.119 e. The molecule has 1 heterocycles. The third-order valence-corrected chi connectivity index (χ3v) is 5.13. The monoisotopic (exact) mass is 302 g/mol. The number of anilines is 1. The number of nitrogens with one attached hydrogen (secondary N) is 1. The number of hydrogen-bond acceptors (Lipinski definition) is 4. The summed E-state index contributed by atoms with van der Waals surface area (Å²) in [4.78, 5) is 5.60. The van der Waals surface area contributed by atoms with Gasteiger partial charge in [0.15, 0.2) is 0 Å². The summed E-state index contributed by atoms with van der Waals surface area (Å²) in [6.07, 6.45) is 5.41. The van der Waals surface area contributed by atoms with Crippen LogP contribution in [-0.4, -0.2) is 11.1 Å². The number of benzene rings is 1. The Hall–Kier alpha value is -1.55. The van der Waals surface area contributed by atoms with Gasteiger partial charge < -0.3 is 10.1 Å². The minimum atomic E-state index is 0.277. The minimum Gasteiger partial charge on any atom is -0.490 e. The van der Waals surface area contributed by atoms with Crippen LogP contribution in [-0.2, 0) is 0 Å². The number of rotatable bonds is 5. The zero-order valence-electron chi connectivity index (χ0n) is 12.6.